The molecule has 1 unspecified atom stereocenters. The fourth-order valence-corrected chi connectivity index (χ4v) is 3.90. The Bertz CT molecular complexity index is 1000. The van der Waals surface area contributed by atoms with E-state index < -0.39 is 0 Å². The molecule has 1 fully saturated rings. The van der Waals surface area contributed by atoms with Crippen molar-refractivity contribution in [2.75, 3.05) is 32.0 Å². The number of carbonyl (C=O) groups is 1. The molecule has 6 nitrogen and oxygen atoms in total. The number of nitrogens with one attached hydrogen (secondary N) is 1. The van der Waals surface area contributed by atoms with E-state index in [1.807, 2.05) is 54.3 Å². The second-order valence-electron chi connectivity index (χ2n) is 7.35. The third-order valence-corrected chi connectivity index (χ3v) is 5.57. The Kier molecular flexibility index (Phi) is 5.56. The van der Waals surface area contributed by atoms with Crippen molar-refractivity contribution in [3.63, 3.8) is 0 Å². The van der Waals surface area contributed by atoms with Gasteiger partial charge in [-0.1, -0.05) is 48.0 Å². The van der Waals surface area contributed by atoms with Crippen LogP contribution in [-0.2, 0) is 0 Å². The van der Waals surface area contributed by atoms with E-state index in [4.69, 9.17) is 11.6 Å². The van der Waals surface area contributed by atoms with Crippen LogP contribution < -0.4 is 5.32 Å². The zero-order valence-corrected chi connectivity index (χ0v) is 17.3. The molecular weight excluding hydrogens is 386 g/mol. The summed E-state index contributed by atoms with van der Waals surface area (Å²) in [7, 11) is 2.09. The van der Waals surface area contributed by atoms with Gasteiger partial charge in [0.05, 0.1) is 29.3 Å². The molecule has 3 aromatic rings. The highest BCUT2D eigenvalue weighted by Gasteiger charge is 2.30. The highest BCUT2D eigenvalue weighted by molar-refractivity contribution is 6.30. The lowest BCUT2D eigenvalue weighted by Gasteiger charge is -2.40. The summed E-state index contributed by atoms with van der Waals surface area (Å²) >= 11 is 6.10. The molecule has 150 valence electrons. The highest BCUT2D eigenvalue weighted by atomic mass is 35.5. The van der Waals surface area contributed by atoms with Crippen LogP contribution in [0.4, 0.5) is 10.5 Å². The Morgan fingerprint density at radius 3 is 2.69 bits per heavy atom. The van der Waals surface area contributed by atoms with Gasteiger partial charge in [0, 0.05) is 24.7 Å². The number of hydrogen-bond acceptors (Lipinski definition) is 3. The smallest absolute Gasteiger partial charge is 0.315 e. The summed E-state index contributed by atoms with van der Waals surface area (Å²) in [5, 5.41) is 8.13. The molecule has 2 heterocycles. The number of amides is 2. The van der Waals surface area contributed by atoms with Crippen molar-refractivity contribution in [2.24, 2.45) is 0 Å². The van der Waals surface area contributed by atoms with E-state index in [0.717, 1.165) is 30.0 Å². The Morgan fingerprint density at radius 1 is 1.14 bits per heavy atom. The van der Waals surface area contributed by atoms with Crippen LogP contribution in [-0.4, -0.2) is 52.3 Å². The van der Waals surface area contributed by atoms with Crippen molar-refractivity contribution in [3.05, 3.63) is 77.1 Å². The SMILES string of the molecule is Cc1c(NC(=O)N2CCN(C)CC2c2ccccc2)cnn1-c1cccc(Cl)c1. The molecule has 29 heavy (non-hydrogen) atoms. The van der Waals surface area contributed by atoms with Gasteiger partial charge in [-0.25, -0.2) is 9.48 Å². The van der Waals surface area contributed by atoms with Crippen LogP contribution in [0.3, 0.4) is 0 Å². The zero-order valence-electron chi connectivity index (χ0n) is 16.5. The predicted octanol–water partition coefficient (Wildman–Crippen LogP) is 4.35. The van der Waals surface area contributed by atoms with Crippen molar-refractivity contribution in [1.82, 2.24) is 19.6 Å². The predicted molar refractivity (Wildman–Crippen MR) is 116 cm³/mol. The maximum Gasteiger partial charge on any atom is 0.322 e. The molecule has 0 radical (unpaired) electrons. The second-order valence-corrected chi connectivity index (χ2v) is 7.78. The maximum atomic E-state index is 13.1. The monoisotopic (exact) mass is 409 g/mol. The number of nitrogens with zero attached hydrogens (tertiary/aromatic N) is 4. The molecule has 7 heteroatoms. The van der Waals surface area contributed by atoms with Gasteiger partial charge in [-0.2, -0.15) is 5.10 Å². The number of hydrogen-bond donors (Lipinski definition) is 1. The van der Waals surface area contributed by atoms with Crippen molar-refractivity contribution in [3.8, 4) is 5.69 Å². The van der Waals surface area contributed by atoms with Crippen LogP contribution in [0.1, 0.15) is 17.3 Å². The van der Waals surface area contributed by atoms with Gasteiger partial charge in [0.1, 0.15) is 0 Å². The lowest BCUT2D eigenvalue weighted by Crippen LogP contribution is -2.50. The number of likely N-dealkylation sites (N-methyl/N-ethyl adjacent to an activating group) is 1. The second kappa shape index (κ2) is 8.27. The number of rotatable bonds is 3. The Hall–Kier alpha value is -2.83. The summed E-state index contributed by atoms with van der Waals surface area (Å²) in [6.07, 6.45) is 1.68. The number of halogens is 1. The molecule has 0 aliphatic carbocycles. The van der Waals surface area contributed by atoms with Gasteiger partial charge in [0.25, 0.3) is 0 Å². The minimum atomic E-state index is -0.110. The molecule has 2 aromatic carbocycles. The normalized spacial score (nSPS) is 17.3. The lowest BCUT2D eigenvalue weighted by atomic mass is 10.0. The number of benzene rings is 2. The van der Waals surface area contributed by atoms with E-state index in [9.17, 15) is 4.79 Å². The largest absolute Gasteiger partial charge is 0.322 e. The molecule has 0 saturated carbocycles. The summed E-state index contributed by atoms with van der Waals surface area (Å²) in [4.78, 5) is 17.3. The molecule has 1 saturated heterocycles. The molecule has 1 aromatic heterocycles. The average Bonchev–Trinajstić information content (AvgIpc) is 3.08. The fraction of sp³-hybridized carbons (Fsp3) is 0.273. The summed E-state index contributed by atoms with van der Waals surface area (Å²) in [6.45, 7) is 4.25. The first-order valence-corrected chi connectivity index (χ1v) is 10.0. The standard InChI is InChI=1S/C22H24ClN5O/c1-16-20(14-24-28(16)19-10-6-9-18(23)13-19)25-22(29)27-12-11-26(2)15-21(27)17-7-4-3-5-8-17/h3-10,13-14,21H,11-12,15H2,1-2H3,(H,25,29). The quantitative estimate of drug-likeness (QED) is 0.699. The van der Waals surface area contributed by atoms with Crippen molar-refractivity contribution in [1.29, 1.82) is 0 Å². The fourth-order valence-electron chi connectivity index (χ4n) is 3.71. The van der Waals surface area contributed by atoms with Gasteiger partial charge in [0.2, 0.25) is 0 Å². The summed E-state index contributed by atoms with van der Waals surface area (Å²) < 4.78 is 1.78. The van der Waals surface area contributed by atoms with Gasteiger partial charge in [-0.05, 0) is 37.7 Å². The van der Waals surface area contributed by atoms with Gasteiger partial charge in [-0.15, -0.1) is 0 Å². The first-order valence-electron chi connectivity index (χ1n) is 9.64. The molecule has 1 aliphatic heterocycles. The van der Waals surface area contributed by atoms with Crippen molar-refractivity contribution < 1.29 is 4.79 Å². The molecular formula is C22H24ClN5O. The van der Waals surface area contributed by atoms with E-state index in [-0.39, 0.29) is 12.1 Å². The number of aromatic nitrogens is 2. The van der Waals surface area contributed by atoms with Crippen LogP contribution in [0, 0.1) is 6.92 Å². The Morgan fingerprint density at radius 2 is 1.93 bits per heavy atom. The number of carbonyl (C=O) groups excluding carboxylic acids is 1. The van der Waals surface area contributed by atoms with Gasteiger partial charge in [0.15, 0.2) is 0 Å². The van der Waals surface area contributed by atoms with E-state index >= 15 is 0 Å². The van der Waals surface area contributed by atoms with E-state index in [2.05, 4.69) is 34.5 Å². The van der Waals surface area contributed by atoms with E-state index in [1.165, 1.54) is 0 Å². The molecule has 0 bridgehead atoms. The van der Waals surface area contributed by atoms with Crippen LogP contribution in [0.15, 0.2) is 60.8 Å². The molecule has 0 spiro atoms. The van der Waals surface area contributed by atoms with E-state index in [1.54, 1.807) is 10.9 Å². The molecule has 1 aliphatic rings. The minimum Gasteiger partial charge on any atom is -0.315 e. The molecule has 2 amide bonds. The maximum absolute atomic E-state index is 13.1. The van der Waals surface area contributed by atoms with Gasteiger partial charge < -0.3 is 15.1 Å². The zero-order chi connectivity index (χ0) is 20.4. The summed E-state index contributed by atoms with van der Waals surface area (Å²) in [5.74, 6) is 0. The average molecular weight is 410 g/mol. The van der Waals surface area contributed by atoms with E-state index in [0.29, 0.717) is 17.3 Å². The van der Waals surface area contributed by atoms with Crippen LogP contribution in [0.5, 0.6) is 0 Å². The number of urea groups is 1. The van der Waals surface area contributed by atoms with Crippen LogP contribution in [0.25, 0.3) is 5.69 Å². The van der Waals surface area contributed by atoms with Gasteiger partial charge >= 0.3 is 6.03 Å². The van der Waals surface area contributed by atoms with Crippen LogP contribution >= 0.6 is 11.6 Å². The van der Waals surface area contributed by atoms with Crippen molar-refractivity contribution >= 4 is 23.3 Å². The first-order chi connectivity index (χ1) is 14.0. The highest BCUT2D eigenvalue weighted by Crippen LogP contribution is 2.27. The van der Waals surface area contributed by atoms with Crippen molar-refractivity contribution in [2.45, 2.75) is 13.0 Å². The Labute approximate surface area is 175 Å². The molecule has 1 atom stereocenters. The molecule has 1 N–H and O–H groups in total. The topological polar surface area (TPSA) is 53.4 Å². The summed E-state index contributed by atoms with van der Waals surface area (Å²) in [6, 6.07) is 17.6. The van der Waals surface area contributed by atoms with Crippen LogP contribution in [0.2, 0.25) is 5.02 Å². The Balaban J connectivity index is 1.56. The number of piperazine rings is 1. The lowest BCUT2D eigenvalue weighted by molar-refractivity contribution is 0.116. The molecule has 4 rings (SSSR count). The third kappa shape index (κ3) is 4.13. The summed E-state index contributed by atoms with van der Waals surface area (Å²) in [5.41, 5.74) is 3.55. The minimum absolute atomic E-state index is 0.0123. The number of anilines is 1. The third-order valence-electron chi connectivity index (χ3n) is 5.33. The first kappa shape index (κ1) is 19.5. The van der Waals surface area contributed by atoms with Gasteiger partial charge in [-0.3, -0.25) is 0 Å².